The molecular weight excluding hydrogens is 370 g/mol. The van der Waals surface area contributed by atoms with Gasteiger partial charge in [0.1, 0.15) is 0 Å². The number of pyridine rings is 1. The molecule has 2 atom stereocenters. The Morgan fingerprint density at radius 1 is 1.24 bits per heavy atom. The number of rotatable bonds is 5. The van der Waals surface area contributed by atoms with Gasteiger partial charge in [-0.05, 0) is 42.7 Å². The van der Waals surface area contributed by atoms with Crippen molar-refractivity contribution in [3.05, 3.63) is 53.9 Å². The highest BCUT2D eigenvalue weighted by atomic mass is 16.7. The summed E-state index contributed by atoms with van der Waals surface area (Å²) in [4.78, 5) is 31.1. The number of hydrogen-bond acceptors (Lipinski definition) is 5. The molecule has 1 fully saturated rings. The van der Waals surface area contributed by atoms with Gasteiger partial charge < -0.3 is 19.7 Å². The second-order valence-corrected chi connectivity index (χ2v) is 7.54. The molecule has 2 amide bonds. The number of hydrogen-bond donors (Lipinski definition) is 1. The molecule has 152 valence electrons. The third-order valence-electron chi connectivity index (χ3n) is 5.44. The van der Waals surface area contributed by atoms with Crippen LogP contribution in [0.5, 0.6) is 11.5 Å². The van der Waals surface area contributed by atoms with Gasteiger partial charge in [-0.25, -0.2) is 0 Å². The van der Waals surface area contributed by atoms with Gasteiger partial charge in [0.05, 0.1) is 18.2 Å². The van der Waals surface area contributed by atoms with E-state index >= 15 is 0 Å². The fraction of sp³-hybridized carbons (Fsp3) is 0.409. The lowest BCUT2D eigenvalue weighted by Crippen LogP contribution is -2.45. The number of carbonyl (C=O) groups is 2. The van der Waals surface area contributed by atoms with Gasteiger partial charge in [-0.15, -0.1) is 0 Å². The molecule has 2 aromatic rings. The molecule has 1 aromatic carbocycles. The van der Waals surface area contributed by atoms with E-state index in [-0.39, 0.29) is 30.6 Å². The monoisotopic (exact) mass is 395 g/mol. The zero-order valence-electron chi connectivity index (χ0n) is 16.5. The van der Waals surface area contributed by atoms with Crippen molar-refractivity contribution in [1.82, 2.24) is 15.2 Å². The molecule has 0 spiro atoms. The van der Waals surface area contributed by atoms with E-state index in [1.165, 1.54) is 6.92 Å². The van der Waals surface area contributed by atoms with E-state index in [1.54, 1.807) is 6.20 Å². The molecule has 29 heavy (non-hydrogen) atoms. The van der Waals surface area contributed by atoms with Crippen LogP contribution >= 0.6 is 0 Å². The van der Waals surface area contributed by atoms with Crippen LogP contribution < -0.4 is 14.8 Å². The summed E-state index contributed by atoms with van der Waals surface area (Å²) in [5.74, 6) is 1.52. The van der Waals surface area contributed by atoms with Crippen molar-refractivity contribution in [3.63, 3.8) is 0 Å². The number of amides is 2. The molecule has 2 aliphatic rings. The summed E-state index contributed by atoms with van der Waals surface area (Å²) < 4.78 is 10.7. The van der Waals surface area contributed by atoms with E-state index in [2.05, 4.69) is 10.3 Å². The average molecular weight is 395 g/mol. The predicted octanol–water partition coefficient (Wildman–Crippen LogP) is 2.47. The highest BCUT2D eigenvalue weighted by Crippen LogP contribution is 2.33. The van der Waals surface area contributed by atoms with Crippen molar-refractivity contribution >= 4 is 11.8 Å². The number of aromatic nitrogens is 1. The average Bonchev–Trinajstić information content (AvgIpc) is 3.20. The van der Waals surface area contributed by atoms with Crippen molar-refractivity contribution < 1.29 is 19.1 Å². The van der Waals surface area contributed by atoms with Crippen LogP contribution in [0.25, 0.3) is 0 Å². The Balaban J connectivity index is 1.45. The number of benzene rings is 1. The Morgan fingerprint density at radius 2 is 2.10 bits per heavy atom. The Morgan fingerprint density at radius 3 is 2.90 bits per heavy atom. The van der Waals surface area contributed by atoms with Gasteiger partial charge in [0, 0.05) is 32.1 Å². The Kier molecular flexibility index (Phi) is 5.64. The largest absolute Gasteiger partial charge is 0.454 e. The topological polar surface area (TPSA) is 80.8 Å². The van der Waals surface area contributed by atoms with Crippen LogP contribution in [0.15, 0.2) is 42.6 Å². The van der Waals surface area contributed by atoms with Gasteiger partial charge in [0.15, 0.2) is 11.5 Å². The highest BCUT2D eigenvalue weighted by Gasteiger charge is 2.31. The SMILES string of the molecule is CC(=O)N[C@H](c1ccccn1)[C@H]1CCCN(C(=O)Cc2ccc3c(c2)OCO3)C1. The first-order valence-corrected chi connectivity index (χ1v) is 9.94. The normalized spacial score (nSPS) is 18.9. The first kappa shape index (κ1) is 19.2. The summed E-state index contributed by atoms with van der Waals surface area (Å²) in [6.45, 7) is 3.07. The van der Waals surface area contributed by atoms with Crippen molar-refractivity contribution in [2.75, 3.05) is 19.9 Å². The molecule has 1 N–H and O–H groups in total. The highest BCUT2D eigenvalue weighted by molar-refractivity contribution is 5.79. The number of fused-ring (bicyclic) bond motifs is 1. The number of likely N-dealkylation sites (tertiary alicyclic amines) is 1. The lowest BCUT2D eigenvalue weighted by Gasteiger charge is -2.37. The van der Waals surface area contributed by atoms with Crippen molar-refractivity contribution in [3.8, 4) is 11.5 Å². The zero-order chi connectivity index (χ0) is 20.2. The number of ether oxygens (including phenoxy) is 2. The molecule has 0 saturated carbocycles. The summed E-state index contributed by atoms with van der Waals surface area (Å²) in [5, 5.41) is 3.03. The van der Waals surface area contributed by atoms with Crippen LogP contribution in [0.2, 0.25) is 0 Å². The van der Waals surface area contributed by atoms with Gasteiger partial charge in [-0.2, -0.15) is 0 Å². The Bertz CT molecular complexity index is 887. The van der Waals surface area contributed by atoms with E-state index in [9.17, 15) is 9.59 Å². The summed E-state index contributed by atoms with van der Waals surface area (Å²) in [6, 6.07) is 11.1. The molecular formula is C22H25N3O4. The molecule has 2 aliphatic heterocycles. The first-order chi connectivity index (χ1) is 14.1. The van der Waals surface area contributed by atoms with Crippen molar-refractivity contribution in [2.45, 2.75) is 32.2 Å². The maximum atomic E-state index is 12.9. The maximum absolute atomic E-state index is 12.9. The Hall–Kier alpha value is -3.09. The second kappa shape index (κ2) is 8.51. The molecule has 0 unspecified atom stereocenters. The Labute approximate surface area is 170 Å². The zero-order valence-corrected chi connectivity index (χ0v) is 16.5. The smallest absolute Gasteiger partial charge is 0.231 e. The van der Waals surface area contributed by atoms with Crippen LogP contribution in [-0.2, 0) is 16.0 Å². The number of carbonyl (C=O) groups excluding carboxylic acids is 2. The molecule has 0 aliphatic carbocycles. The molecule has 1 aromatic heterocycles. The summed E-state index contributed by atoms with van der Waals surface area (Å²) in [5.41, 5.74) is 1.74. The second-order valence-electron chi connectivity index (χ2n) is 7.54. The first-order valence-electron chi connectivity index (χ1n) is 9.94. The number of nitrogens with one attached hydrogen (secondary N) is 1. The molecule has 7 heteroatoms. The van der Waals surface area contributed by atoms with E-state index in [0.717, 1.165) is 30.6 Å². The summed E-state index contributed by atoms with van der Waals surface area (Å²) in [6.07, 6.45) is 3.89. The van der Waals surface area contributed by atoms with Gasteiger partial charge in [0.2, 0.25) is 18.6 Å². The molecule has 1 saturated heterocycles. The van der Waals surface area contributed by atoms with Crippen molar-refractivity contribution in [2.24, 2.45) is 5.92 Å². The van der Waals surface area contributed by atoms with Gasteiger partial charge in [-0.1, -0.05) is 12.1 Å². The minimum absolute atomic E-state index is 0.0798. The molecule has 0 radical (unpaired) electrons. The van der Waals surface area contributed by atoms with Crippen LogP contribution in [0.1, 0.15) is 37.1 Å². The van der Waals surface area contributed by atoms with Crippen LogP contribution in [0, 0.1) is 5.92 Å². The van der Waals surface area contributed by atoms with E-state index in [0.29, 0.717) is 24.5 Å². The lowest BCUT2D eigenvalue weighted by molar-refractivity contribution is -0.132. The van der Waals surface area contributed by atoms with E-state index in [4.69, 9.17) is 9.47 Å². The predicted molar refractivity (Wildman–Crippen MR) is 106 cm³/mol. The van der Waals surface area contributed by atoms with Gasteiger partial charge in [0.25, 0.3) is 0 Å². The van der Waals surface area contributed by atoms with Crippen molar-refractivity contribution in [1.29, 1.82) is 0 Å². The summed E-state index contributed by atoms with van der Waals surface area (Å²) in [7, 11) is 0. The third kappa shape index (κ3) is 4.50. The van der Waals surface area contributed by atoms with Gasteiger partial charge >= 0.3 is 0 Å². The van der Waals surface area contributed by atoms with Gasteiger partial charge in [-0.3, -0.25) is 14.6 Å². The molecule has 3 heterocycles. The fourth-order valence-electron chi connectivity index (χ4n) is 4.06. The number of nitrogens with zero attached hydrogens (tertiary/aromatic N) is 2. The van der Waals surface area contributed by atoms with E-state index in [1.807, 2.05) is 41.3 Å². The maximum Gasteiger partial charge on any atom is 0.231 e. The minimum Gasteiger partial charge on any atom is -0.454 e. The van der Waals surface area contributed by atoms with Crippen LogP contribution in [0.3, 0.4) is 0 Å². The number of piperidine rings is 1. The van der Waals surface area contributed by atoms with Crippen LogP contribution in [0.4, 0.5) is 0 Å². The molecule has 7 nitrogen and oxygen atoms in total. The van der Waals surface area contributed by atoms with E-state index < -0.39 is 0 Å². The quantitative estimate of drug-likeness (QED) is 0.841. The molecule has 4 rings (SSSR count). The standard InChI is InChI=1S/C22H25N3O4/c1-15(26)24-22(18-6-2-3-9-23-18)17-5-4-10-25(13-17)21(27)12-16-7-8-19-20(11-16)29-14-28-19/h2-3,6-9,11,17,22H,4-5,10,12-14H2,1H3,(H,24,26)/t17-,22-/m0/s1. The molecule has 0 bridgehead atoms. The minimum atomic E-state index is -0.199. The summed E-state index contributed by atoms with van der Waals surface area (Å²) >= 11 is 0. The lowest BCUT2D eigenvalue weighted by atomic mass is 9.88. The third-order valence-corrected chi connectivity index (χ3v) is 5.44. The fourth-order valence-corrected chi connectivity index (χ4v) is 4.06. The van der Waals surface area contributed by atoms with Crippen LogP contribution in [-0.4, -0.2) is 41.6 Å².